The Morgan fingerprint density at radius 3 is 2.59 bits per heavy atom. The van der Waals surface area contributed by atoms with Gasteiger partial charge in [-0.05, 0) is 54.5 Å². The lowest BCUT2D eigenvalue weighted by molar-refractivity contribution is -0.120. The summed E-state index contributed by atoms with van der Waals surface area (Å²) in [4.78, 5) is 12.4. The van der Waals surface area contributed by atoms with Crippen molar-refractivity contribution in [3.63, 3.8) is 0 Å². The second-order valence-electron chi connectivity index (χ2n) is 8.49. The Bertz CT molecular complexity index is 1570. The molecule has 3 aromatic carbocycles. The molecule has 4 rings (SSSR count). The highest BCUT2D eigenvalue weighted by atomic mass is 16.5. The Balaban J connectivity index is 1.46. The molecule has 4 aromatic rings. The van der Waals surface area contributed by atoms with Gasteiger partial charge in [0, 0.05) is 11.9 Å². The van der Waals surface area contributed by atoms with Crippen molar-refractivity contribution in [3.8, 4) is 11.6 Å². The molecule has 8 heteroatoms. The molecule has 0 spiro atoms. The van der Waals surface area contributed by atoms with Gasteiger partial charge in [0.2, 0.25) is 5.88 Å². The number of ether oxygens (including phenoxy) is 3. The molecule has 0 radical (unpaired) electrons. The molecule has 0 bridgehead atoms. The molecule has 1 amide bonds. The standard InChI is InChI=1S/C31H31N3O5/c1-4-27(37-3)28(38-5-2)16-10-11-19-34-26-15-9-8-14-25(26)30(31(34)36)33-32-29(35)21-39-24-18-17-22-12-6-7-13-23(22)20-24/h4,6-10,12-18,20,36H,1,5,11,19,21H2,2-3H3/b16-10-,28-27-,33-32?. The fourth-order valence-electron chi connectivity index (χ4n) is 4.17. The van der Waals surface area contributed by atoms with Gasteiger partial charge in [-0.25, -0.2) is 0 Å². The van der Waals surface area contributed by atoms with Crippen molar-refractivity contribution in [2.24, 2.45) is 10.2 Å². The molecule has 39 heavy (non-hydrogen) atoms. The fraction of sp³-hybridized carbons (Fsp3) is 0.194. The highest BCUT2D eigenvalue weighted by molar-refractivity contribution is 5.95. The molecule has 0 fully saturated rings. The first-order valence-corrected chi connectivity index (χ1v) is 12.6. The van der Waals surface area contributed by atoms with Crippen LogP contribution in [0.2, 0.25) is 0 Å². The predicted molar refractivity (Wildman–Crippen MR) is 152 cm³/mol. The van der Waals surface area contributed by atoms with Crippen LogP contribution in [0.5, 0.6) is 11.6 Å². The highest BCUT2D eigenvalue weighted by Crippen LogP contribution is 2.39. The van der Waals surface area contributed by atoms with E-state index in [1.807, 2.05) is 79.7 Å². The van der Waals surface area contributed by atoms with Gasteiger partial charge in [0.15, 0.2) is 23.8 Å². The van der Waals surface area contributed by atoms with E-state index >= 15 is 0 Å². The molecule has 0 unspecified atom stereocenters. The summed E-state index contributed by atoms with van der Waals surface area (Å²) >= 11 is 0. The number of benzene rings is 3. The zero-order chi connectivity index (χ0) is 27.6. The van der Waals surface area contributed by atoms with Gasteiger partial charge in [-0.2, -0.15) is 0 Å². The number of hydrogen-bond acceptors (Lipinski definition) is 6. The van der Waals surface area contributed by atoms with Crippen molar-refractivity contribution < 1.29 is 24.1 Å². The van der Waals surface area contributed by atoms with Crippen LogP contribution in [-0.2, 0) is 20.8 Å². The smallest absolute Gasteiger partial charge is 0.302 e. The summed E-state index contributed by atoms with van der Waals surface area (Å²) < 4.78 is 18.3. The van der Waals surface area contributed by atoms with Crippen molar-refractivity contribution >= 4 is 33.3 Å². The molecule has 0 aliphatic heterocycles. The third kappa shape index (κ3) is 6.54. The van der Waals surface area contributed by atoms with Crippen LogP contribution < -0.4 is 4.74 Å². The number of hydrogen-bond donors (Lipinski definition) is 1. The number of aromatic nitrogens is 1. The van der Waals surface area contributed by atoms with Crippen LogP contribution >= 0.6 is 0 Å². The van der Waals surface area contributed by atoms with Gasteiger partial charge in [0.25, 0.3) is 0 Å². The third-order valence-electron chi connectivity index (χ3n) is 6.00. The van der Waals surface area contributed by atoms with Gasteiger partial charge in [0.05, 0.1) is 19.2 Å². The number of nitrogens with zero attached hydrogens (tertiary/aromatic N) is 3. The quantitative estimate of drug-likeness (QED) is 0.120. The average Bonchev–Trinajstić information content (AvgIpc) is 3.23. The van der Waals surface area contributed by atoms with Crippen molar-refractivity contribution in [3.05, 3.63) is 103 Å². The number of para-hydroxylation sites is 1. The maximum Gasteiger partial charge on any atom is 0.302 e. The first kappa shape index (κ1) is 27.2. The molecule has 8 nitrogen and oxygen atoms in total. The Kier molecular flexibility index (Phi) is 9.13. The number of carbonyl (C=O) groups is 1. The molecule has 0 saturated heterocycles. The summed E-state index contributed by atoms with van der Waals surface area (Å²) in [7, 11) is 1.56. The zero-order valence-corrected chi connectivity index (χ0v) is 22.0. The monoisotopic (exact) mass is 525 g/mol. The van der Waals surface area contributed by atoms with E-state index < -0.39 is 5.91 Å². The lowest BCUT2D eigenvalue weighted by Gasteiger charge is -2.09. The molecule has 0 aliphatic rings. The van der Waals surface area contributed by atoms with Crippen LogP contribution in [0.25, 0.3) is 21.7 Å². The minimum Gasteiger partial charge on any atom is -0.493 e. The van der Waals surface area contributed by atoms with Crippen LogP contribution in [-0.4, -0.2) is 35.9 Å². The molecular weight excluding hydrogens is 494 g/mol. The SMILES string of the molecule is C=C/C(OC)=C(\C=C/CCn1c(O)c(N=NC(=O)COc2ccc3ccccc3c2)c2ccccc21)OCC. The Morgan fingerprint density at radius 2 is 1.82 bits per heavy atom. The van der Waals surface area contributed by atoms with Crippen LogP contribution in [0.1, 0.15) is 13.3 Å². The van der Waals surface area contributed by atoms with E-state index in [0.29, 0.717) is 42.2 Å². The molecule has 0 atom stereocenters. The summed E-state index contributed by atoms with van der Waals surface area (Å²) in [5.74, 6) is 1.06. The highest BCUT2D eigenvalue weighted by Gasteiger charge is 2.16. The minimum atomic E-state index is -0.561. The van der Waals surface area contributed by atoms with Gasteiger partial charge in [-0.1, -0.05) is 61.2 Å². The number of allylic oxidation sites excluding steroid dienone is 3. The van der Waals surface area contributed by atoms with Crippen molar-refractivity contribution in [2.75, 3.05) is 20.3 Å². The molecule has 1 aromatic heterocycles. The molecule has 200 valence electrons. The summed E-state index contributed by atoms with van der Waals surface area (Å²) in [6.45, 7) is 6.32. The predicted octanol–water partition coefficient (Wildman–Crippen LogP) is 7.22. The third-order valence-corrected chi connectivity index (χ3v) is 6.00. The van der Waals surface area contributed by atoms with E-state index in [4.69, 9.17) is 14.2 Å². The van der Waals surface area contributed by atoms with E-state index in [-0.39, 0.29) is 18.2 Å². The van der Waals surface area contributed by atoms with Crippen molar-refractivity contribution in [1.29, 1.82) is 0 Å². The van der Waals surface area contributed by atoms with Gasteiger partial charge in [-0.15, -0.1) is 10.2 Å². The van der Waals surface area contributed by atoms with Gasteiger partial charge in [0.1, 0.15) is 5.75 Å². The normalized spacial score (nSPS) is 12.3. The number of amides is 1. The first-order chi connectivity index (χ1) is 19.0. The van der Waals surface area contributed by atoms with Gasteiger partial charge >= 0.3 is 5.91 Å². The maximum atomic E-state index is 12.4. The van der Waals surface area contributed by atoms with Crippen LogP contribution in [0, 0.1) is 0 Å². The summed E-state index contributed by atoms with van der Waals surface area (Å²) in [5, 5.41) is 21.7. The minimum absolute atomic E-state index is 0.0687. The maximum absolute atomic E-state index is 12.4. The first-order valence-electron chi connectivity index (χ1n) is 12.6. The van der Waals surface area contributed by atoms with Gasteiger partial charge in [-0.3, -0.25) is 4.79 Å². The molecule has 0 saturated carbocycles. The molecule has 0 aliphatic carbocycles. The number of methoxy groups -OCH3 is 1. The number of carbonyl (C=O) groups excluding carboxylic acids is 1. The van der Waals surface area contributed by atoms with Crippen molar-refractivity contribution in [2.45, 2.75) is 19.9 Å². The Hall–Kier alpha value is -4.85. The Labute approximate surface area is 227 Å². The number of aryl methyl sites for hydroxylation is 1. The van der Waals surface area contributed by atoms with E-state index in [2.05, 4.69) is 16.8 Å². The van der Waals surface area contributed by atoms with E-state index in [1.165, 1.54) is 0 Å². The average molecular weight is 526 g/mol. The van der Waals surface area contributed by atoms with Crippen LogP contribution in [0.3, 0.4) is 0 Å². The molecule has 1 N–H and O–H groups in total. The van der Waals surface area contributed by atoms with E-state index in [9.17, 15) is 9.90 Å². The largest absolute Gasteiger partial charge is 0.493 e. The number of fused-ring (bicyclic) bond motifs is 2. The summed E-state index contributed by atoms with van der Waals surface area (Å²) in [5.41, 5.74) is 1.01. The molecule has 1 heterocycles. The lowest BCUT2D eigenvalue weighted by atomic mass is 10.1. The summed E-state index contributed by atoms with van der Waals surface area (Å²) in [6.07, 6.45) is 5.93. The molecular formula is C31H31N3O5. The van der Waals surface area contributed by atoms with E-state index in [0.717, 1.165) is 16.3 Å². The van der Waals surface area contributed by atoms with Crippen LogP contribution in [0.15, 0.2) is 113 Å². The summed E-state index contributed by atoms with van der Waals surface area (Å²) in [6, 6.07) is 20.9. The second-order valence-corrected chi connectivity index (χ2v) is 8.49. The fourth-order valence-corrected chi connectivity index (χ4v) is 4.17. The number of aromatic hydroxyl groups is 1. The second kappa shape index (κ2) is 13.1. The topological polar surface area (TPSA) is 94.6 Å². The van der Waals surface area contributed by atoms with Gasteiger partial charge < -0.3 is 23.9 Å². The van der Waals surface area contributed by atoms with Crippen molar-refractivity contribution in [1.82, 2.24) is 4.57 Å². The zero-order valence-electron chi connectivity index (χ0n) is 22.0. The number of azo groups is 1. The van der Waals surface area contributed by atoms with E-state index in [1.54, 1.807) is 23.8 Å². The van der Waals surface area contributed by atoms with Crippen LogP contribution in [0.4, 0.5) is 5.69 Å². The Morgan fingerprint density at radius 1 is 1.05 bits per heavy atom. The lowest BCUT2D eigenvalue weighted by Crippen LogP contribution is -2.07. The number of rotatable bonds is 12.